The van der Waals surface area contributed by atoms with Crippen molar-refractivity contribution in [2.75, 3.05) is 0 Å². The molecule has 1 fully saturated rings. The maximum Gasteiger partial charge on any atom is 0.144 e. The molecule has 1 aliphatic carbocycles. The van der Waals surface area contributed by atoms with E-state index in [0.717, 1.165) is 24.8 Å². The molecule has 1 aliphatic rings. The van der Waals surface area contributed by atoms with Crippen LogP contribution in [0.15, 0.2) is 18.2 Å². The van der Waals surface area contributed by atoms with Crippen LogP contribution in [-0.4, -0.2) is 11.2 Å². The van der Waals surface area contributed by atoms with Gasteiger partial charge >= 0.3 is 0 Å². The summed E-state index contributed by atoms with van der Waals surface area (Å²) >= 11 is 6.12. The Labute approximate surface area is 101 Å². The van der Waals surface area contributed by atoms with Crippen molar-refractivity contribution in [3.8, 4) is 5.75 Å². The fourth-order valence-corrected chi connectivity index (χ4v) is 2.23. The van der Waals surface area contributed by atoms with Crippen LogP contribution < -0.4 is 4.74 Å². The van der Waals surface area contributed by atoms with Gasteiger partial charge in [-0.25, -0.2) is 0 Å². The molecule has 1 N–H and O–H groups in total. The summed E-state index contributed by atoms with van der Waals surface area (Å²) in [6, 6.07) is 5.56. The van der Waals surface area contributed by atoms with Gasteiger partial charge in [0.2, 0.25) is 0 Å². The van der Waals surface area contributed by atoms with Crippen LogP contribution in [0.4, 0.5) is 0 Å². The number of hydrogen-bond donors (Lipinski definition) is 1. The van der Waals surface area contributed by atoms with Gasteiger partial charge in [0.1, 0.15) is 5.75 Å². The normalized spacial score (nSPS) is 18.3. The molecule has 0 atom stereocenters. The van der Waals surface area contributed by atoms with Gasteiger partial charge in [0.15, 0.2) is 0 Å². The first-order valence-electron chi connectivity index (χ1n) is 5.71. The predicted octanol–water partition coefficient (Wildman–Crippen LogP) is 3.50. The molecule has 1 saturated carbocycles. The summed E-state index contributed by atoms with van der Waals surface area (Å²) in [5.41, 5.74) is 0.106. The fourth-order valence-electron chi connectivity index (χ4n) is 2.01. The fraction of sp³-hybridized carbons (Fsp3) is 0.538. The van der Waals surface area contributed by atoms with E-state index >= 15 is 0 Å². The minimum Gasteiger partial charge on any atom is -0.489 e. The molecule has 0 saturated heterocycles. The third kappa shape index (κ3) is 2.04. The zero-order chi connectivity index (χ0) is 11.8. The summed E-state index contributed by atoms with van der Waals surface area (Å²) in [5, 5.41) is 10.9. The van der Waals surface area contributed by atoms with Gasteiger partial charge in [-0.3, -0.25) is 0 Å². The summed E-state index contributed by atoms with van der Waals surface area (Å²) < 4.78 is 5.71. The third-order valence-corrected chi connectivity index (χ3v) is 3.30. The first-order valence-corrected chi connectivity index (χ1v) is 6.09. The molecule has 0 amide bonds. The maximum atomic E-state index is 10.4. The van der Waals surface area contributed by atoms with Gasteiger partial charge < -0.3 is 9.84 Å². The van der Waals surface area contributed by atoms with E-state index in [1.165, 1.54) is 0 Å². The lowest BCUT2D eigenvalue weighted by atomic mass is 9.75. The minimum absolute atomic E-state index is 0.0577. The van der Waals surface area contributed by atoms with E-state index in [0.29, 0.717) is 10.8 Å². The van der Waals surface area contributed by atoms with Crippen molar-refractivity contribution in [3.63, 3.8) is 0 Å². The van der Waals surface area contributed by atoms with E-state index in [1.807, 2.05) is 26.0 Å². The number of halogens is 1. The van der Waals surface area contributed by atoms with Gasteiger partial charge in [-0.2, -0.15) is 0 Å². The Morgan fingerprint density at radius 1 is 1.38 bits per heavy atom. The lowest BCUT2D eigenvalue weighted by Gasteiger charge is -2.38. The molecule has 0 heterocycles. The average Bonchev–Trinajstić information content (AvgIpc) is 2.17. The Morgan fingerprint density at radius 3 is 2.56 bits per heavy atom. The molecular formula is C13H17ClO2. The summed E-state index contributed by atoms with van der Waals surface area (Å²) in [5.74, 6) is 0.640. The molecule has 16 heavy (non-hydrogen) atoms. The monoisotopic (exact) mass is 240 g/mol. The Kier molecular flexibility index (Phi) is 3.13. The van der Waals surface area contributed by atoms with Gasteiger partial charge in [-0.15, -0.1) is 0 Å². The molecule has 0 aliphatic heterocycles. The van der Waals surface area contributed by atoms with Gasteiger partial charge in [0.25, 0.3) is 0 Å². The molecule has 0 bridgehead atoms. The molecule has 1 aromatic carbocycles. The minimum atomic E-state index is -0.727. The number of para-hydroxylation sites is 1. The Bertz CT molecular complexity index is 384. The highest BCUT2D eigenvalue weighted by molar-refractivity contribution is 6.32. The zero-order valence-corrected chi connectivity index (χ0v) is 10.4. The van der Waals surface area contributed by atoms with Crippen LogP contribution in [0.25, 0.3) is 0 Å². The smallest absolute Gasteiger partial charge is 0.144 e. The highest BCUT2D eigenvalue weighted by Gasteiger charge is 2.39. The Morgan fingerprint density at radius 2 is 2.06 bits per heavy atom. The lowest BCUT2D eigenvalue weighted by molar-refractivity contribution is -0.0412. The van der Waals surface area contributed by atoms with E-state index in [4.69, 9.17) is 16.3 Å². The predicted molar refractivity (Wildman–Crippen MR) is 65.0 cm³/mol. The van der Waals surface area contributed by atoms with Crippen LogP contribution in [0, 0.1) is 0 Å². The number of rotatable bonds is 3. The van der Waals surface area contributed by atoms with E-state index in [-0.39, 0.29) is 6.10 Å². The molecule has 0 unspecified atom stereocenters. The summed E-state index contributed by atoms with van der Waals surface area (Å²) in [6.45, 7) is 3.91. The van der Waals surface area contributed by atoms with Crippen molar-refractivity contribution < 1.29 is 9.84 Å². The van der Waals surface area contributed by atoms with Gasteiger partial charge in [0.05, 0.1) is 16.7 Å². The molecule has 0 aromatic heterocycles. The average molecular weight is 241 g/mol. The first-order chi connectivity index (χ1) is 7.53. The van der Waals surface area contributed by atoms with E-state index < -0.39 is 5.60 Å². The molecule has 2 nitrogen and oxygen atoms in total. The van der Waals surface area contributed by atoms with Crippen molar-refractivity contribution in [3.05, 3.63) is 28.8 Å². The van der Waals surface area contributed by atoms with Crippen LogP contribution in [0.2, 0.25) is 5.02 Å². The molecule has 1 aromatic rings. The standard InChI is InChI=1S/C13H17ClO2/c1-9(2)16-12-10(5-3-6-11(12)14)13(15)7-4-8-13/h3,5-6,9,15H,4,7-8H2,1-2H3. The molecule has 0 spiro atoms. The quantitative estimate of drug-likeness (QED) is 0.876. The highest BCUT2D eigenvalue weighted by Crippen LogP contribution is 2.46. The number of benzene rings is 1. The molecule has 0 radical (unpaired) electrons. The van der Waals surface area contributed by atoms with Gasteiger partial charge in [-0.1, -0.05) is 23.7 Å². The van der Waals surface area contributed by atoms with E-state index in [2.05, 4.69) is 0 Å². The van der Waals surface area contributed by atoms with Crippen molar-refractivity contribution in [2.24, 2.45) is 0 Å². The van der Waals surface area contributed by atoms with Crippen LogP contribution in [0.1, 0.15) is 38.7 Å². The second kappa shape index (κ2) is 4.27. The lowest BCUT2D eigenvalue weighted by Crippen LogP contribution is -2.34. The first kappa shape index (κ1) is 11.7. The largest absolute Gasteiger partial charge is 0.489 e. The molecule has 3 heteroatoms. The SMILES string of the molecule is CC(C)Oc1c(Cl)cccc1C1(O)CCC1. The van der Waals surface area contributed by atoms with Crippen LogP contribution in [0.5, 0.6) is 5.75 Å². The topological polar surface area (TPSA) is 29.5 Å². The Balaban J connectivity index is 2.39. The number of ether oxygens (including phenoxy) is 1. The zero-order valence-electron chi connectivity index (χ0n) is 9.66. The van der Waals surface area contributed by atoms with E-state index in [9.17, 15) is 5.11 Å². The number of aliphatic hydroxyl groups is 1. The second-order valence-corrected chi connectivity index (χ2v) is 5.08. The van der Waals surface area contributed by atoms with Crippen LogP contribution in [0.3, 0.4) is 0 Å². The molecule has 88 valence electrons. The number of hydrogen-bond acceptors (Lipinski definition) is 2. The van der Waals surface area contributed by atoms with Crippen LogP contribution >= 0.6 is 11.6 Å². The van der Waals surface area contributed by atoms with E-state index in [1.54, 1.807) is 6.07 Å². The van der Waals surface area contributed by atoms with Crippen molar-refractivity contribution >= 4 is 11.6 Å². The summed E-state index contributed by atoms with van der Waals surface area (Å²) in [6.07, 6.45) is 2.70. The summed E-state index contributed by atoms with van der Waals surface area (Å²) in [4.78, 5) is 0. The van der Waals surface area contributed by atoms with Crippen molar-refractivity contribution in [2.45, 2.75) is 44.8 Å². The Hall–Kier alpha value is -0.730. The maximum absolute atomic E-state index is 10.4. The highest BCUT2D eigenvalue weighted by atomic mass is 35.5. The molecular weight excluding hydrogens is 224 g/mol. The second-order valence-electron chi connectivity index (χ2n) is 4.67. The third-order valence-electron chi connectivity index (χ3n) is 3.00. The summed E-state index contributed by atoms with van der Waals surface area (Å²) in [7, 11) is 0. The van der Waals surface area contributed by atoms with Crippen molar-refractivity contribution in [1.29, 1.82) is 0 Å². The van der Waals surface area contributed by atoms with Gasteiger partial charge in [-0.05, 0) is 39.2 Å². The molecule has 2 rings (SSSR count). The van der Waals surface area contributed by atoms with Crippen molar-refractivity contribution in [1.82, 2.24) is 0 Å². The van der Waals surface area contributed by atoms with Crippen LogP contribution in [-0.2, 0) is 5.60 Å². The van der Waals surface area contributed by atoms with Gasteiger partial charge in [0, 0.05) is 5.56 Å².